The number of rotatable bonds is 4. The van der Waals surface area contributed by atoms with Gasteiger partial charge in [0.15, 0.2) is 0 Å². The van der Waals surface area contributed by atoms with Gasteiger partial charge in [-0.25, -0.2) is 0 Å². The summed E-state index contributed by atoms with van der Waals surface area (Å²) in [6, 6.07) is 4.19. The van der Waals surface area contributed by atoms with E-state index >= 15 is 0 Å². The lowest BCUT2D eigenvalue weighted by Gasteiger charge is -2.27. The summed E-state index contributed by atoms with van der Waals surface area (Å²) in [6.45, 7) is 3.53. The number of ketones is 2. The second-order valence-corrected chi connectivity index (χ2v) is 5.27. The Morgan fingerprint density at radius 1 is 1.00 bits per heavy atom. The van der Waals surface area contributed by atoms with Crippen LogP contribution in [0.25, 0.3) is 0 Å². The molecule has 18 heavy (non-hydrogen) atoms. The van der Waals surface area contributed by atoms with Gasteiger partial charge in [0.1, 0.15) is 11.6 Å². The van der Waals surface area contributed by atoms with E-state index in [1.165, 1.54) is 0 Å². The minimum atomic E-state index is -0.291. The molecule has 1 aliphatic rings. The van der Waals surface area contributed by atoms with Crippen LogP contribution in [0.1, 0.15) is 39.5 Å². The molecule has 4 nitrogen and oxygen atoms in total. The molecule has 0 aromatic carbocycles. The highest BCUT2D eigenvalue weighted by atomic mass is 16.1. The molecule has 1 aliphatic carbocycles. The Bertz CT molecular complexity index is 376. The van der Waals surface area contributed by atoms with E-state index in [0.717, 1.165) is 0 Å². The van der Waals surface area contributed by atoms with E-state index in [1.807, 2.05) is 0 Å². The van der Waals surface area contributed by atoms with E-state index in [0.29, 0.717) is 12.8 Å². The van der Waals surface area contributed by atoms with Crippen LogP contribution in [-0.4, -0.2) is 11.6 Å². The van der Waals surface area contributed by atoms with Crippen LogP contribution in [0, 0.1) is 46.3 Å². The van der Waals surface area contributed by atoms with Gasteiger partial charge >= 0.3 is 0 Å². The van der Waals surface area contributed by atoms with Crippen LogP contribution in [0.15, 0.2) is 0 Å². The number of carbonyl (C=O) groups excluding carboxylic acids is 2. The molecule has 0 spiro atoms. The van der Waals surface area contributed by atoms with Crippen molar-refractivity contribution in [1.29, 1.82) is 10.5 Å². The summed E-state index contributed by atoms with van der Waals surface area (Å²) in [5, 5.41) is 17.5. The van der Waals surface area contributed by atoms with E-state index < -0.39 is 0 Å². The number of carbonyl (C=O) groups is 2. The zero-order chi connectivity index (χ0) is 13.7. The summed E-state index contributed by atoms with van der Waals surface area (Å²) < 4.78 is 0. The Hall–Kier alpha value is -1.68. The average molecular weight is 246 g/mol. The predicted molar refractivity (Wildman–Crippen MR) is 65.0 cm³/mol. The highest BCUT2D eigenvalue weighted by Gasteiger charge is 2.35. The maximum Gasteiger partial charge on any atom is 0.137 e. The van der Waals surface area contributed by atoms with Gasteiger partial charge in [0.25, 0.3) is 0 Å². The quantitative estimate of drug-likeness (QED) is 0.761. The summed E-state index contributed by atoms with van der Waals surface area (Å²) in [6.07, 6.45) is 1.44. The highest BCUT2D eigenvalue weighted by molar-refractivity contribution is 5.96. The molecule has 0 aliphatic heterocycles. The molecule has 1 fully saturated rings. The second-order valence-electron chi connectivity index (χ2n) is 5.27. The third kappa shape index (κ3) is 3.67. The van der Waals surface area contributed by atoms with Crippen molar-refractivity contribution in [2.75, 3.05) is 0 Å². The van der Waals surface area contributed by atoms with Crippen molar-refractivity contribution in [2.24, 2.45) is 23.7 Å². The van der Waals surface area contributed by atoms with Gasteiger partial charge in [0.05, 0.1) is 12.1 Å². The molecule has 0 heterocycles. The smallest absolute Gasteiger partial charge is 0.137 e. The lowest BCUT2D eigenvalue weighted by atomic mass is 9.74. The molecule has 96 valence electrons. The molecule has 0 aromatic heterocycles. The fourth-order valence-corrected chi connectivity index (χ4v) is 2.44. The first-order chi connectivity index (χ1) is 8.47. The van der Waals surface area contributed by atoms with Gasteiger partial charge in [-0.3, -0.25) is 9.59 Å². The fraction of sp³-hybridized carbons (Fsp3) is 0.714. The minimum Gasteiger partial charge on any atom is -0.299 e. The lowest BCUT2D eigenvalue weighted by Crippen LogP contribution is -2.34. The number of nitrogens with zero attached hydrogens (tertiary/aromatic N) is 2. The summed E-state index contributed by atoms with van der Waals surface area (Å²) in [5.74, 6) is -0.817. The van der Waals surface area contributed by atoms with Gasteiger partial charge in [0.2, 0.25) is 0 Å². The first-order valence-electron chi connectivity index (χ1n) is 6.32. The van der Waals surface area contributed by atoms with E-state index in [4.69, 9.17) is 10.5 Å². The molecule has 0 radical (unpaired) electrons. The van der Waals surface area contributed by atoms with Crippen LogP contribution in [0.2, 0.25) is 0 Å². The van der Waals surface area contributed by atoms with Crippen molar-refractivity contribution in [3.8, 4) is 12.1 Å². The lowest BCUT2D eigenvalue weighted by molar-refractivity contribution is -0.137. The van der Waals surface area contributed by atoms with E-state index in [-0.39, 0.29) is 48.1 Å². The molecule has 0 N–H and O–H groups in total. The molecule has 0 aromatic rings. The molecule has 0 saturated heterocycles. The Morgan fingerprint density at radius 3 is 1.61 bits per heavy atom. The van der Waals surface area contributed by atoms with Crippen LogP contribution >= 0.6 is 0 Å². The maximum absolute atomic E-state index is 11.9. The van der Waals surface area contributed by atoms with E-state index in [1.54, 1.807) is 13.8 Å². The van der Waals surface area contributed by atoms with Crippen molar-refractivity contribution >= 4 is 11.6 Å². The predicted octanol–water partition coefficient (Wildman–Crippen LogP) is 2.25. The largest absolute Gasteiger partial charge is 0.299 e. The van der Waals surface area contributed by atoms with Gasteiger partial charge in [0, 0.05) is 36.5 Å². The van der Waals surface area contributed by atoms with Crippen molar-refractivity contribution in [3.63, 3.8) is 0 Å². The van der Waals surface area contributed by atoms with Crippen molar-refractivity contribution < 1.29 is 9.59 Å². The van der Waals surface area contributed by atoms with Gasteiger partial charge in [-0.05, 0) is 26.7 Å². The highest BCUT2D eigenvalue weighted by Crippen LogP contribution is 2.31. The summed E-state index contributed by atoms with van der Waals surface area (Å²) >= 11 is 0. The van der Waals surface area contributed by atoms with Crippen LogP contribution in [0.3, 0.4) is 0 Å². The minimum absolute atomic E-state index is 0.0758. The average Bonchev–Trinajstić information content (AvgIpc) is 2.34. The Morgan fingerprint density at radius 2 is 1.33 bits per heavy atom. The third-order valence-electron chi connectivity index (χ3n) is 3.52. The van der Waals surface area contributed by atoms with Crippen molar-refractivity contribution in [1.82, 2.24) is 0 Å². The molecule has 1 rings (SSSR count). The molecule has 4 atom stereocenters. The zero-order valence-corrected chi connectivity index (χ0v) is 10.8. The Balaban J connectivity index is 2.61. The first kappa shape index (κ1) is 14.4. The molecular weight excluding hydrogens is 228 g/mol. The van der Waals surface area contributed by atoms with Crippen LogP contribution in [0.5, 0.6) is 0 Å². The number of hydrogen-bond acceptors (Lipinski definition) is 4. The zero-order valence-electron chi connectivity index (χ0n) is 10.8. The van der Waals surface area contributed by atoms with E-state index in [2.05, 4.69) is 12.1 Å². The number of hydrogen-bond donors (Lipinski definition) is 0. The number of Topliss-reactive ketones (excluding diaryl/α,β-unsaturated/α-hetero) is 2. The molecule has 0 bridgehead atoms. The fourth-order valence-electron chi connectivity index (χ4n) is 2.44. The van der Waals surface area contributed by atoms with Crippen LogP contribution in [-0.2, 0) is 9.59 Å². The molecule has 4 unspecified atom stereocenters. The van der Waals surface area contributed by atoms with E-state index in [9.17, 15) is 9.59 Å². The SMILES string of the molecule is CC(C#N)CC1CC(=O)C(CC(C)C#N)CC1=O. The second kappa shape index (κ2) is 6.31. The topological polar surface area (TPSA) is 81.7 Å². The number of nitriles is 2. The standard InChI is InChI=1S/C14H18N2O2/c1-9(7-15)3-11-5-14(18)12(6-13(11)17)4-10(2)8-16/h9-12H,3-6H2,1-2H3. The summed E-state index contributed by atoms with van der Waals surface area (Å²) in [4.78, 5) is 23.9. The first-order valence-corrected chi connectivity index (χ1v) is 6.32. The van der Waals surface area contributed by atoms with Gasteiger partial charge in [-0.2, -0.15) is 10.5 Å². The molecular formula is C14H18N2O2. The Kier molecular flexibility index (Phi) is 5.04. The molecule has 1 saturated carbocycles. The maximum atomic E-state index is 11.9. The normalized spacial score (nSPS) is 27.1. The molecule has 4 heteroatoms. The van der Waals surface area contributed by atoms with Crippen molar-refractivity contribution in [3.05, 3.63) is 0 Å². The summed E-state index contributed by atoms with van der Waals surface area (Å²) in [5.41, 5.74) is 0. The van der Waals surface area contributed by atoms with Crippen LogP contribution in [0.4, 0.5) is 0 Å². The molecule has 0 amide bonds. The van der Waals surface area contributed by atoms with Gasteiger partial charge < -0.3 is 0 Å². The monoisotopic (exact) mass is 246 g/mol. The summed E-state index contributed by atoms with van der Waals surface area (Å²) in [7, 11) is 0. The van der Waals surface area contributed by atoms with Crippen LogP contribution < -0.4 is 0 Å². The third-order valence-corrected chi connectivity index (χ3v) is 3.52. The Labute approximate surface area is 108 Å². The van der Waals surface area contributed by atoms with Crippen molar-refractivity contribution in [2.45, 2.75) is 39.5 Å². The van der Waals surface area contributed by atoms with Gasteiger partial charge in [-0.15, -0.1) is 0 Å². The van der Waals surface area contributed by atoms with Gasteiger partial charge in [-0.1, -0.05) is 0 Å².